The first-order chi connectivity index (χ1) is 27.5. The second-order valence-corrected chi connectivity index (χ2v) is 13.1. The summed E-state index contributed by atoms with van der Waals surface area (Å²) in [4.78, 5) is 19.5. The molecule has 0 aromatic heterocycles. The topological polar surface area (TPSA) is 119 Å². The summed E-state index contributed by atoms with van der Waals surface area (Å²) in [6, 6.07) is 58.8. The Balaban J connectivity index is 1.52. The Kier molecular flexibility index (Phi) is 12.6. The van der Waals surface area contributed by atoms with Gasteiger partial charge in [0.15, 0.2) is 5.78 Å². The lowest BCUT2D eigenvalue weighted by Crippen LogP contribution is -2.23. The number of rotatable bonds is 14. The van der Waals surface area contributed by atoms with Gasteiger partial charge in [-0.15, -0.1) is 0 Å². The molecule has 0 N–H and O–H groups in total. The molecule has 7 nitrogen and oxygen atoms in total. The molecule has 6 aromatic carbocycles. The van der Waals surface area contributed by atoms with E-state index in [-0.39, 0.29) is 22.3 Å². The Bertz CT molecular complexity index is 2240. The molecule has 6 rings (SSSR count). The maximum atomic E-state index is 15.2. The van der Waals surface area contributed by atoms with Crippen LogP contribution in [0.4, 0.5) is 11.4 Å². The second-order valence-electron chi connectivity index (χ2n) is 13.1. The molecule has 0 saturated heterocycles. The number of nitrogens with zero attached hydrogens (tertiary/aromatic N) is 6. The molecule has 0 aliphatic rings. The first kappa shape index (κ1) is 37.8. The minimum atomic E-state index is -0.393. The summed E-state index contributed by atoms with van der Waals surface area (Å²) < 4.78 is 0. The molecule has 6 aromatic rings. The molecule has 0 aliphatic carbocycles. The van der Waals surface area contributed by atoms with Gasteiger partial charge >= 0.3 is 0 Å². The van der Waals surface area contributed by atoms with Crippen molar-refractivity contribution in [2.45, 2.75) is 26.2 Å². The molecule has 7 heteroatoms. The fraction of sp³-hybridized carbons (Fsp3) is 0.0816. The number of ketones is 1. The number of benzene rings is 6. The normalized spacial score (nSPS) is 10.1. The van der Waals surface area contributed by atoms with Gasteiger partial charge in [-0.05, 0) is 69.8 Å². The van der Waals surface area contributed by atoms with Crippen LogP contribution >= 0.6 is 0 Å². The first-order valence-electron chi connectivity index (χ1n) is 18.0. The average Bonchev–Trinajstić information content (AvgIpc) is 3.25. The van der Waals surface area contributed by atoms with Crippen molar-refractivity contribution in [3.63, 3.8) is 0 Å². The number of anilines is 2. The molecule has 0 radical (unpaired) electrons. The Hall–Kier alpha value is -7.97. The molecule has 56 heavy (non-hydrogen) atoms. The van der Waals surface area contributed by atoms with Crippen LogP contribution in [0.5, 0.6) is 0 Å². The molecule has 0 spiro atoms. The maximum absolute atomic E-state index is 15.2. The molecule has 0 aliphatic heterocycles. The maximum Gasteiger partial charge on any atom is 0.194 e. The number of allylic oxidation sites excluding steroid dienone is 2. The van der Waals surface area contributed by atoms with Gasteiger partial charge in [-0.3, -0.25) is 4.79 Å². The second kappa shape index (κ2) is 18.7. The van der Waals surface area contributed by atoms with Crippen LogP contribution in [-0.4, -0.2) is 5.78 Å². The van der Waals surface area contributed by atoms with E-state index in [1.165, 1.54) is 12.2 Å². The molecule has 0 amide bonds. The highest BCUT2D eigenvalue weighted by Crippen LogP contribution is 2.31. The van der Waals surface area contributed by atoms with Crippen molar-refractivity contribution in [3.05, 3.63) is 213 Å². The van der Waals surface area contributed by atoms with E-state index in [4.69, 9.17) is 0 Å². The summed E-state index contributed by atoms with van der Waals surface area (Å²) in [5, 5.41) is 38.9. The number of nitriles is 4. The van der Waals surface area contributed by atoms with Crippen LogP contribution in [0.1, 0.15) is 49.3 Å². The van der Waals surface area contributed by atoms with E-state index in [0.717, 1.165) is 33.6 Å². The summed E-state index contributed by atoms with van der Waals surface area (Å²) in [5.74, 6) is -0.393. The van der Waals surface area contributed by atoms with Crippen LogP contribution in [0.2, 0.25) is 0 Å². The van der Waals surface area contributed by atoms with Gasteiger partial charge in [0.05, 0.1) is 0 Å². The number of carbonyl (C=O) groups excluding carboxylic acids is 1. The van der Waals surface area contributed by atoms with Gasteiger partial charge in [-0.25, -0.2) is 0 Å². The van der Waals surface area contributed by atoms with E-state index in [1.807, 2.05) is 109 Å². The molecule has 0 atom stereocenters. The predicted octanol–water partition coefficient (Wildman–Crippen LogP) is 10.2. The molecule has 268 valence electrons. The van der Waals surface area contributed by atoms with Crippen molar-refractivity contribution in [1.29, 1.82) is 21.0 Å². The third kappa shape index (κ3) is 9.71. The average molecular weight is 725 g/mol. The Morgan fingerprint density at radius 2 is 0.714 bits per heavy atom. The summed E-state index contributed by atoms with van der Waals surface area (Å²) >= 11 is 0. The molecular formula is C49H36N6O. The lowest BCUT2D eigenvalue weighted by Gasteiger charge is -2.27. The van der Waals surface area contributed by atoms with Gasteiger partial charge in [0.25, 0.3) is 0 Å². The molecule has 0 fully saturated rings. The molecule has 0 unspecified atom stereocenters. The number of hydrogen-bond acceptors (Lipinski definition) is 7. The van der Waals surface area contributed by atoms with E-state index in [1.54, 1.807) is 24.3 Å². The summed E-state index contributed by atoms with van der Waals surface area (Å²) in [6.45, 7) is 2.19. The minimum Gasteiger partial charge on any atom is -0.363 e. The monoisotopic (exact) mass is 724 g/mol. The van der Waals surface area contributed by atoms with Gasteiger partial charge in [0, 0.05) is 48.7 Å². The van der Waals surface area contributed by atoms with Gasteiger partial charge in [-0.1, -0.05) is 133 Å². The van der Waals surface area contributed by atoms with Crippen LogP contribution < -0.4 is 9.80 Å². The fourth-order valence-corrected chi connectivity index (χ4v) is 6.45. The zero-order valence-corrected chi connectivity index (χ0v) is 30.6. The van der Waals surface area contributed by atoms with Crippen LogP contribution in [0.15, 0.2) is 169 Å². The van der Waals surface area contributed by atoms with Crippen molar-refractivity contribution in [2.24, 2.45) is 0 Å². The largest absolute Gasteiger partial charge is 0.363 e. The van der Waals surface area contributed by atoms with E-state index in [2.05, 4.69) is 58.3 Å². The summed E-state index contributed by atoms with van der Waals surface area (Å²) in [6.07, 6.45) is 2.84. The Morgan fingerprint density at radius 1 is 0.429 bits per heavy atom. The lowest BCUT2D eigenvalue weighted by molar-refractivity contribution is 0.103. The van der Waals surface area contributed by atoms with E-state index < -0.39 is 5.78 Å². The van der Waals surface area contributed by atoms with Crippen molar-refractivity contribution in [3.8, 4) is 24.3 Å². The minimum absolute atomic E-state index is 0.153. The highest BCUT2D eigenvalue weighted by atomic mass is 16.1. The fourth-order valence-electron chi connectivity index (χ4n) is 6.45. The van der Waals surface area contributed by atoms with Crippen LogP contribution in [0, 0.1) is 45.3 Å². The van der Waals surface area contributed by atoms with Gasteiger partial charge in [-0.2, -0.15) is 21.0 Å². The third-order valence-electron chi connectivity index (χ3n) is 9.24. The Labute approximate surface area is 327 Å². The van der Waals surface area contributed by atoms with E-state index in [9.17, 15) is 21.0 Å². The predicted molar refractivity (Wildman–Crippen MR) is 220 cm³/mol. The van der Waals surface area contributed by atoms with Crippen LogP contribution in [0.3, 0.4) is 0 Å². The number of hydrogen-bond donors (Lipinski definition) is 0. The summed E-state index contributed by atoms with van der Waals surface area (Å²) in [7, 11) is 0. The highest BCUT2D eigenvalue weighted by molar-refractivity contribution is 6.14. The quantitative estimate of drug-likeness (QED) is 0.0810. The number of carbonyl (C=O) groups is 1. The molecule has 0 heterocycles. The Morgan fingerprint density at radius 3 is 0.982 bits per heavy atom. The van der Waals surface area contributed by atoms with E-state index in [0.29, 0.717) is 37.3 Å². The van der Waals surface area contributed by atoms with Gasteiger partial charge < -0.3 is 9.80 Å². The SMILES string of the molecule is N#CC(C#N)=Cc1ccc(N(Cc2ccccc2)Cc2ccccc2)cc1C(=O)c1cc(N(Cc2ccccc2)Cc2ccccc2)ccc1C=C(C#N)C#N. The van der Waals surface area contributed by atoms with Crippen LogP contribution in [0.25, 0.3) is 12.2 Å². The molecular weight excluding hydrogens is 689 g/mol. The summed E-state index contributed by atoms with van der Waals surface area (Å²) in [5.41, 5.74) is 6.82. The lowest BCUT2D eigenvalue weighted by atomic mass is 9.92. The van der Waals surface area contributed by atoms with Gasteiger partial charge in [0.1, 0.15) is 35.4 Å². The van der Waals surface area contributed by atoms with Crippen LogP contribution in [-0.2, 0) is 26.2 Å². The van der Waals surface area contributed by atoms with Crippen molar-refractivity contribution < 1.29 is 4.79 Å². The first-order valence-corrected chi connectivity index (χ1v) is 18.0. The zero-order valence-electron chi connectivity index (χ0n) is 30.6. The molecule has 0 saturated carbocycles. The van der Waals surface area contributed by atoms with E-state index >= 15 is 4.79 Å². The highest BCUT2D eigenvalue weighted by Gasteiger charge is 2.22. The van der Waals surface area contributed by atoms with Crippen molar-refractivity contribution in [2.75, 3.05) is 9.80 Å². The van der Waals surface area contributed by atoms with Gasteiger partial charge in [0.2, 0.25) is 0 Å². The standard InChI is InChI=1S/C49H36N6O/c50-29-41(30-51)25-43-21-23-45(54(33-37-13-5-1-6-14-37)34-38-15-7-2-8-16-38)27-47(43)49(56)48-28-46(24-22-44(48)26-42(31-52)32-53)55(35-39-17-9-3-10-18-39)36-40-19-11-4-12-20-40/h1-28H,33-36H2. The zero-order chi connectivity index (χ0) is 39.1. The van der Waals surface area contributed by atoms with Crippen molar-refractivity contribution in [1.82, 2.24) is 0 Å². The van der Waals surface area contributed by atoms with Crippen molar-refractivity contribution >= 4 is 29.3 Å². The molecule has 0 bridgehead atoms. The smallest absolute Gasteiger partial charge is 0.194 e. The third-order valence-corrected chi connectivity index (χ3v) is 9.24.